The van der Waals surface area contributed by atoms with Gasteiger partial charge >= 0.3 is 0 Å². The molecular formula is C42H53IrN2O2S-. The molecule has 1 N–H and O–H groups in total. The number of hydrogen-bond acceptors (Lipinski definition) is 5. The average molecular weight is 842 g/mol. The first kappa shape index (κ1) is 41.1. The molecule has 4 aromatic rings. The van der Waals surface area contributed by atoms with Crippen molar-refractivity contribution in [2.75, 3.05) is 0 Å². The Labute approximate surface area is 307 Å². The molecule has 0 fully saturated rings. The third-order valence-corrected chi connectivity index (χ3v) is 9.51. The van der Waals surface area contributed by atoms with Crippen LogP contribution >= 0.6 is 11.3 Å². The number of rotatable bonds is 10. The molecule has 259 valence electrons. The average Bonchev–Trinajstić information content (AvgIpc) is 3.47. The number of ketones is 1. The predicted octanol–water partition coefficient (Wildman–Crippen LogP) is 12.1. The molecule has 0 aliphatic heterocycles. The number of carbonyl (C=O) groups excluding carboxylic acids is 1. The van der Waals surface area contributed by atoms with E-state index >= 15 is 0 Å². The summed E-state index contributed by atoms with van der Waals surface area (Å²) in [6, 6.07) is 18.6. The number of carbonyl (C=O) groups is 1. The SMILES string of the molecule is CC(C)(C)Cc1cscc1-c1cc(-c2[c-]c3ccccc3c(C(C)(C)C)c2)ncc1C#N.CCC(CC)C(=O)/C=C(\O)C(CC)CC.[Ir]. The van der Waals surface area contributed by atoms with Gasteiger partial charge in [0.25, 0.3) is 0 Å². The summed E-state index contributed by atoms with van der Waals surface area (Å²) in [4.78, 5) is 16.4. The summed E-state index contributed by atoms with van der Waals surface area (Å²) in [7, 11) is 0. The zero-order chi connectivity index (χ0) is 34.9. The molecule has 0 spiro atoms. The van der Waals surface area contributed by atoms with Crippen molar-refractivity contribution in [2.24, 2.45) is 17.3 Å². The normalized spacial score (nSPS) is 12.0. The molecule has 2 heterocycles. The summed E-state index contributed by atoms with van der Waals surface area (Å²) in [5, 5.41) is 26.2. The summed E-state index contributed by atoms with van der Waals surface area (Å²) in [6.45, 7) is 21.5. The fourth-order valence-electron chi connectivity index (χ4n) is 5.95. The third-order valence-electron chi connectivity index (χ3n) is 8.72. The molecule has 2 aromatic carbocycles. The second kappa shape index (κ2) is 18.1. The van der Waals surface area contributed by atoms with Crippen molar-refractivity contribution in [3.05, 3.63) is 87.9 Å². The van der Waals surface area contributed by atoms with Gasteiger partial charge < -0.3 is 5.11 Å². The Morgan fingerprint density at radius 3 is 2.15 bits per heavy atom. The zero-order valence-corrected chi connectivity index (χ0v) is 33.7. The van der Waals surface area contributed by atoms with Crippen LogP contribution in [0.1, 0.15) is 112 Å². The molecule has 0 unspecified atom stereocenters. The van der Waals surface area contributed by atoms with Gasteiger partial charge in [0.15, 0.2) is 5.78 Å². The minimum Gasteiger partial charge on any atom is -0.512 e. The zero-order valence-electron chi connectivity index (χ0n) is 30.5. The van der Waals surface area contributed by atoms with Gasteiger partial charge in [0.2, 0.25) is 0 Å². The summed E-state index contributed by atoms with van der Waals surface area (Å²) in [6.07, 6.45) is 7.58. The van der Waals surface area contributed by atoms with Gasteiger partial charge in [0, 0.05) is 49.9 Å². The Bertz CT molecular complexity index is 1730. The number of thiophene rings is 1. The first-order valence-corrected chi connectivity index (χ1v) is 18.0. The minimum absolute atomic E-state index is 0. The summed E-state index contributed by atoms with van der Waals surface area (Å²) in [5.74, 6) is 0.547. The van der Waals surface area contributed by atoms with E-state index in [1.165, 1.54) is 22.6 Å². The van der Waals surface area contributed by atoms with E-state index in [0.717, 1.165) is 59.9 Å². The van der Waals surface area contributed by atoms with E-state index in [9.17, 15) is 15.2 Å². The van der Waals surface area contributed by atoms with Crippen molar-refractivity contribution in [1.82, 2.24) is 4.98 Å². The van der Waals surface area contributed by atoms with Gasteiger partial charge in [0.05, 0.1) is 11.3 Å². The minimum atomic E-state index is -0.00782. The Morgan fingerprint density at radius 2 is 1.58 bits per heavy atom. The largest absolute Gasteiger partial charge is 0.512 e. The maximum Gasteiger partial charge on any atom is 0.162 e. The molecule has 0 bridgehead atoms. The van der Waals surface area contributed by atoms with E-state index in [-0.39, 0.29) is 54.3 Å². The first-order chi connectivity index (χ1) is 22.2. The second-order valence-corrected chi connectivity index (χ2v) is 15.4. The van der Waals surface area contributed by atoms with Crippen LogP contribution in [0.3, 0.4) is 0 Å². The van der Waals surface area contributed by atoms with Crippen LogP contribution in [0.15, 0.2) is 65.2 Å². The number of benzene rings is 2. The van der Waals surface area contributed by atoms with Crippen LogP contribution in [-0.4, -0.2) is 15.9 Å². The fourth-order valence-corrected chi connectivity index (χ4v) is 6.81. The van der Waals surface area contributed by atoms with Crippen LogP contribution in [0.25, 0.3) is 33.2 Å². The maximum absolute atomic E-state index is 11.7. The number of allylic oxidation sites excluding steroid dienone is 2. The molecule has 6 heteroatoms. The Hall–Kier alpha value is -3.10. The Kier molecular flexibility index (Phi) is 15.4. The number of nitrogens with zero attached hydrogens (tertiary/aromatic N) is 2. The van der Waals surface area contributed by atoms with E-state index in [2.05, 4.69) is 106 Å². The molecule has 0 amide bonds. The summed E-state index contributed by atoms with van der Waals surface area (Å²) >= 11 is 1.69. The van der Waals surface area contributed by atoms with Crippen molar-refractivity contribution >= 4 is 27.9 Å². The first-order valence-electron chi connectivity index (χ1n) is 17.0. The standard InChI is InChI=1S/C29H29N2S.C13H24O2.Ir/c1-28(2,3)14-21-17-32-18-25(21)24-13-27(31-16-22(24)15-30)20-11-19-9-7-8-10-23(19)26(12-20)29(4,5)6;1-5-10(6-2)12(14)9-13(15)11(7-3)8-4;/h7-10,12-13,16-18H,14H2,1-6H3;9-11,14H,5-8H2,1-4H3;/q-1;;/b;12-9-;. The molecule has 4 rings (SSSR count). The van der Waals surface area contributed by atoms with Crippen molar-refractivity contribution in [2.45, 2.75) is 107 Å². The molecular weight excluding hydrogens is 789 g/mol. The molecule has 0 aliphatic carbocycles. The Balaban J connectivity index is 0.000000427. The van der Waals surface area contributed by atoms with Crippen molar-refractivity contribution < 1.29 is 30.0 Å². The van der Waals surface area contributed by atoms with Gasteiger partial charge in [-0.3, -0.25) is 9.78 Å². The fraction of sp³-hybridized carbons (Fsp3) is 0.452. The van der Waals surface area contributed by atoms with Gasteiger partial charge in [-0.15, -0.1) is 29.1 Å². The number of hydrogen-bond donors (Lipinski definition) is 1. The topological polar surface area (TPSA) is 74.0 Å². The number of aliphatic hydroxyl groups is 1. The summed E-state index contributed by atoms with van der Waals surface area (Å²) < 4.78 is 0. The molecule has 0 atom stereocenters. The van der Waals surface area contributed by atoms with Crippen molar-refractivity contribution in [1.29, 1.82) is 5.26 Å². The second-order valence-electron chi connectivity index (χ2n) is 14.7. The molecule has 4 nitrogen and oxygen atoms in total. The van der Waals surface area contributed by atoms with Crippen LogP contribution in [-0.2, 0) is 36.7 Å². The molecule has 0 saturated heterocycles. The molecule has 48 heavy (non-hydrogen) atoms. The number of aliphatic hydroxyl groups excluding tert-OH is 1. The van der Waals surface area contributed by atoms with Gasteiger partial charge in [-0.25, -0.2) is 0 Å². The van der Waals surface area contributed by atoms with Crippen LogP contribution < -0.4 is 0 Å². The van der Waals surface area contributed by atoms with Crippen molar-refractivity contribution in [3.8, 4) is 28.5 Å². The van der Waals surface area contributed by atoms with Crippen LogP contribution in [0, 0.1) is 34.6 Å². The van der Waals surface area contributed by atoms with E-state index in [1.54, 1.807) is 17.5 Å². The summed E-state index contributed by atoms with van der Waals surface area (Å²) in [5.41, 5.74) is 7.25. The number of aromatic nitrogens is 1. The molecule has 2 aromatic heterocycles. The molecule has 1 radical (unpaired) electrons. The quantitative estimate of drug-likeness (QED) is 0.0980. The predicted molar refractivity (Wildman–Crippen MR) is 200 cm³/mol. The van der Waals surface area contributed by atoms with Gasteiger partial charge in [-0.05, 0) is 70.4 Å². The Morgan fingerprint density at radius 1 is 0.958 bits per heavy atom. The van der Waals surface area contributed by atoms with E-state index in [1.807, 2.05) is 27.7 Å². The van der Waals surface area contributed by atoms with Crippen LogP contribution in [0.2, 0.25) is 0 Å². The van der Waals surface area contributed by atoms with E-state index in [4.69, 9.17) is 0 Å². The molecule has 0 saturated carbocycles. The third kappa shape index (κ3) is 10.7. The van der Waals surface area contributed by atoms with E-state index < -0.39 is 0 Å². The number of nitriles is 1. The maximum atomic E-state index is 11.7. The monoisotopic (exact) mass is 842 g/mol. The van der Waals surface area contributed by atoms with Crippen LogP contribution in [0.5, 0.6) is 0 Å². The van der Waals surface area contributed by atoms with Crippen molar-refractivity contribution in [3.63, 3.8) is 0 Å². The molecule has 0 aliphatic rings. The van der Waals surface area contributed by atoms with Gasteiger partial charge in [-0.2, -0.15) is 16.6 Å². The smallest absolute Gasteiger partial charge is 0.162 e. The number of fused-ring (bicyclic) bond motifs is 1. The van der Waals surface area contributed by atoms with E-state index in [0.29, 0.717) is 5.56 Å². The number of pyridine rings is 1. The van der Waals surface area contributed by atoms with Gasteiger partial charge in [0.1, 0.15) is 6.07 Å². The van der Waals surface area contributed by atoms with Gasteiger partial charge in [-0.1, -0.05) is 104 Å². The van der Waals surface area contributed by atoms with Crippen LogP contribution in [0.4, 0.5) is 0 Å².